The van der Waals surface area contributed by atoms with Crippen LogP contribution in [-0.4, -0.2) is 63.8 Å². The highest BCUT2D eigenvalue weighted by Crippen LogP contribution is 2.28. The third-order valence-electron chi connectivity index (χ3n) is 7.20. The predicted molar refractivity (Wildman–Crippen MR) is 130 cm³/mol. The lowest BCUT2D eigenvalue weighted by Gasteiger charge is -2.35. The van der Waals surface area contributed by atoms with Crippen molar-refractivity contribution < 1.29 is 14.7 Å². The number of nitrogens with one attached hydrogen (secondary N) is 1. The topological polar surface area (TPSA) is 90.7 Å². The van der Waals surface area contributed by atoms with E-state index in [9.17, 15) is 9.59 Å². The van der Waals surface area contributed by atoms with E-state index in [1.54, 1.807) is 0 Å². The molecule has 2 amide bonds. The molecule has 8 heteroatoms. The molecule has 2 N–H and O–H groups in total. The Morgan fingerprint density at radius 3 is 2.70 bits per heavy atom. The Kier molecular flexibility index (Phi) is 7.73. The predicted octanol–water partition coefficient (Wildman–Crippen LogP) is 4.09. The summed E-state index contributed by atoms with van der Waals surface area (Å²) in [6.07, 6.45) is 7.46. The van der Waals surface area contributed by atoms with E-state index in [0.717, 1.165) is 62.3 Å². The van der Waals surface area contributed by atoms with E-state index in [0.29, 0.717) is 25.6 Å². The summed E-state index contributed by atoms with van der Waals surface area (Å²) >= 11 is 0. The number of para-hydroxylation sites is 2. The quantitative estimate of drug-likeness (QED) is 0.626. The van der Waals surface area contributed by atoms with Crippen molar-refractivity contribution in [2.75, 3.05) is 31.1 Å². The molecular formula is C25H37N5O3. The fourth-order valence-corrected chi connectivity index (χ4v) is 5.55. The molecule has 4 rings (SSSR count). The van der Waals surface area contributed by atoms with E-state index in [4.69, 9.17) is 10.1 Å². The molecule has 0 spiro atoms. The SMILES string of the molecule is CCN(C(=O)CCn1c(N2CCCC(CNC(=O)O)C2)nc2ccccc21)C1CCCCC1. The number of imidazole rings is 1. The van der Waals surface area contributed by atoms with Crippen molar-refractivity contribution in [3.63, 3.8) is 0 Å². The van der Waals surface area contributed by atoms with Gasteiger partial charge < -0.3 is 24.8 Å². The first kappa shape index (κ1) is 23.4. The fourth-order valence-electron chi connectivity index (χ4n) is 5.55. The molecule has 1 aromatic heterocycles. The molecule has 2 fully saturated rings. The number of carbonyl (C=O) groups is 2. The van der Waals surface area contributed by atoms with Crippen LogP contribution in [0.3, 0.4) is 0 Å². The molecule has 0 radical (unpaired) electrons. The molecule has 33 heavy (non-hydrogen) atoms. The standard InChI is InChI=1S/C25H37N5O3/c1-2-29(20-10-4-3-5-11-20)23(31)14-16-30-22-13-7-6-12-21(22)27-24(30)28-15-8-9-19(18-28)17-26-25(32)33/h6-7,12-13,19-20,26H,2-5,8-11,14-18H2,1H3,(H,32,33). The molecule has 180 valence electrons. The lowest BCUT2D eigenvalue weighted by Crippen LogP contribution is -2.42. The van der Waals surface area contributed by atoms with Crippen molar-refractivity contribution in [1.82, 2.24) is 19.8 Å². The molecule has 1 atom stereocenters. The number of rotatable bonds is 8. The Morgan fingerprint density at radius 2 is 1.94 bits per heavy atom. The third kappa shape index (κ3) is 5.60. The Hall–Kier alpha value is -2.77. The van der Waals surface area contributed by atoms with Gasteiger partial charge in [-0.05, 0) is 50.7 Å². The summed E-state index contributed by atoms with van der Waals surface area (Å²) in [6.45, 7) is 5.57. The number of hydrogen-bond donors (Lipinski definition) is 2. The monoisotopic (exact) mass is 455 g/mol. The molecule has 1 aromatic carbocycles. The summed E-state index contributed by atoms with van der Waals surface area (Å²) in [6, 6.07) is 8.49. The van der Waals surface area contributed by atoms with E-state index in [1.165, 1.54) is 19.3 Å². The van der Waals surface area contributed by atoms with Crippen LogP contribution in [0.25, 0.3) is 11.0 Å². The molecule has 2 aliphatic rings. The first-order valence-electron chi connectivity index (χ1n) is 12.5. The van der Waals surface area contributed by atoms with Gasteiger partial charge >= 0.3 is 6.09 Å². The number of aryl methyl sites for hydroxylation is 1. The number of fused-ring (bicyclic) bond motifs is 1. The normalized spacial score (nSPS) is 19.5. The summed E-state index contributed by atoms with van der Waals surface area (Å²) in [5.74, 6) is 1.38. The van der Waals surface area contributed by atoms with Gasteiger partial charge in [0.05, 0.1) is 11.0 Å². The van der Waals surface area contributed by atoms with Crippen molar-refractivity contribution in [3.05, 3.63) is 24.3 Å². The van der Waals surface area contributed by atoms with Crippen molar-refractivity contribution in [1.29, 1.82) is 0 Å². The van der Waals surface area contributed by atoms with Crippen LogP contribution >= 0.6 is 0 Å². The smallest absolute Gasteiger partial charge is 0.404 e. The first-order chi connectivity index (χ1) is 16.1. The van der Waals surface area contributed by atoms with Gasteiger partial charge in [0.25, 0.3) is 0 Å². The molecule has 1 saturated carbocycles. The first-order valence-corrected chi connectivity index (χ1v) is 12.5. The fraction of sp³-hybridized carbons (Fsp3) is 0.640. The number of hydrogen-bond acceptors (Lipinski definition) is 4. The van der Waals surface area contributed by atoms with Crippen molar-refractivity contribution in [3.8, 4) is 0 Å². The lowest BCUT2D eigenvalue weighted by molar-refractivity contribution is -0.134. The number of amides is 2. The molecule has 0 bridgehead atoms. The zero-order valence-corrected chi connectivity index (χ0v) is 19.7. The van der Waals surface area contributed by atoms with Gasteiger partial charge in [-0.1, -0.05) is 31.4 Å². The third-order valence-corrected chi connectivity index (χ3v) is 7.20. The highest BCUT2D eigenvalue weighted by molar-refractivity contribution is 5.80. The van der Waals surface area contributed by atoms with E-state index in [-0.39, 0.29) is 11.8 Å². The number of carbonyl (C=O) groups excluding carboxylic acids is 1. The largest absolute Gasteiger partial charge is 0.465 e. The second-order valence-corrected chi connectivity index (χ2v) is 9.41. The van der Waals surface area contributed by atoms with Crippen LogP contribution in [0.1, 0.15) is 58.3 Å². The molecule has 1 unspecified atom stereocenters. The minimum atomic E-state index is -0.976. The average Bonchev–Trinajstić information content (AvgIpc) is 3.21. The van der Waals surface area contributed by atoms with Crippen LogP contribution < -0.4 is 10.2 Å². The maximum Gasteiger partial charge on any atom is 0.404 e. The van der Waals surface area contributed by atoms with Crippen molar-refractivity contribution >= 4 is 29.0 Å². The average molecular weight is 456 g/mol. The van der Waals surface area contributed by atoms with E-state index < -0.39 is 6.09 Å². The Balaban J connectivity index is 1.50. The lowest BCUT2D eigenvalue weighted by atomic mass is 9.94. The van der Waals surface area contributed by atoms with Crippen molar-refractivity contribution in [2.24, 2.45) is 5.92 Å². The maximum atomic E-state index is 13.2. The second kappa shape index (κ2) is 10.9. The summed E-state index contributed by atoms with van der Waals surface area (Å²) in [5.41, 5.74) is 1.98. The zero-order chi connectivity index (χ0) is 23.2. The van der Waals surface area contributed by atoms with Gasteiger partial charge in [0.2, 0.25) is 11.9 Å². The van der Waals surface area contributed by atoms with Gasteiger partial charge in [-0.25, -0.2) is 9.78 Å². The Labute approximate surface area is 195 Å². The van der Waals surface area contributed by atoms with E-state index >= 15 is 0 Å². The van der Waals surface area contributed by atoms with Crippen LogP contribution in [0.4, 0.5) is 10.7 Å². The number of piperidine rings is 1. The van der Waals surface area contributed by atoms with E-state index in [2.05, 4.69) is 32.7 Å². The highest BCUT2D eigenvalue weighted by atomic mass is 16.4. The molecule has 8 nitrogen and oxygen atoms in total. The summed E-state index contributed by atoms with van der Waals surface area (Å²) < 4.78 is 2.19. The molecule has 1 aliphatic carbocycles. The molecular weight excluding hydrogens is 418 g/mol. The number of benzene rings is 1. The van der Waals surface area contributed by atoms with Crippen LogP contribution in [0, 0.1) is 5.92 Å². The summed E-state index contributed by atoms with van der Waals surface area (Å²) in [7, 11) is 0. The van der Waals surface area contributed by atoms with Crippen LogP contribution in [-0.2, 0) is 11.3 Å². The van der Waals surface area contributed by atoms with Crippen molar-refractivity contribution in [2.45, 2.75) is 70.9 Å². The maximum absolute atomic E-state index is 13.2. The zero-order valence-electron chi connectivity index (χ0n) is 19.7. The number of anilines is 1. The highest BCUT2D eigenvalue weighted by Gasteiger charge is 2.27. The van der Waals surface area contributed by atoms with Gasteiger partial charge in [0.15, 0.2) is 0 Å². The minimum absolute atomic E-state index is 0.232. The number of carboxylic acid groups (broad SMARTS) is 1. The second-order valence-electron chi connectivity index (χ2n) is 9.41. The molecule has 1 saturated heterocycles. The molecule has 2 aromatic rings. The van der Waals surface area contributed by atoms with Gasteiger partial charge in [0, 0.05) is 45.2 Å². The van der Waals surface area contributed by atoms with Gasteiger partial charge in [-0.15, -0.1) is 0 Å². The van der Waals surface area contributed by atoms with Gasteiger partial charge in [-0.3, -0.25) is 4.79 Å². The van der Waals surface area contributed by atoms with Crippen LogP contribution in [0.15, 0.2) is 24.3 Å². The number of nitrogens with zero attached hydrogens (tertiary/aromatic N) is 4. The Morgan fingerprint density at radius 1 is 1.15 bits per heavy atom. The minimum Gasteiger partial charge on any atom is -0.465 e. The number of aromatic nitrogens is 2. The van der Waals surface area contributed by atoms with Gasteiger partial charge in [-0.2, -0.15) is 0 Å². The Bertz CT molecular complexity index is 953. The summed E-state index contributed by atoms with van der Waals surface area (Å²) in [4.78, 5) is 33.4. The summed E-state index contributed by atoms with van der Waals surface area (Å²) in [5, 5.41) is 11.5. The van der Waals surface area contributed by atoms with E-state index in [1.807, 2.05) is 18.2 Å². The molecule has 2 heterocycles. The van der Waals surface area contributed by atoms with Gasteiger partial charge in [0.1, 0.15) is 0 Å². The van der Waals surface area contributed by atoms with Crippen LogP contribution in [0.5, 0.6) is 0 Å². The molecule has 1 aliphatic heterocycles. The van der Waals surface area contributed by atoms with Crippen LogP contribution in [0.2, 0.25) is 0 Å².